The van der Waals surface area contributed by atoms with Gasteiger partial charge in [0.25, 0.3) is 5.91 Å². The van der Waals surface area contributed by atoms with Crippen molar-refractivity contribution in [2.75, 3.05) is 13.1 Å². The molecule has 22 nitrogen and oxygen atoms in total. The molecule has 15 N–H and O–H groups in total. The molecule has 0 saturated heterocycles. The summed E-state index contributed by atoms with van der Waals surface area (Å²) in [6.07, 6.45) is -3.15. The zero-order valence-electron chi connectivity index (χ0n) is 38.3. The zero-order valence-corrected chi connectivity index (χ0v) is 38.3. The van der Waals surface area contributed by atoms with E-state index in [-0.39, 0.29) is 37.2 Å². The Kier molecular flexibility index (Phi) is 21.2. The fourth-order valence-electron chi connectivity index (χ4n) is 6.78. The average molecular weight is 970 g/mol. The molecule has 0 radical (unpaired) electrons. The normalized spacial score (nSPS) is 14.4. The molecule has 0 saturated carbocycles. The second kappa shape index (κ2) is 27.2. The summed E-state index contributed by atoms with van der Waals surface area (Å²) in [6, 6.07) is 20.5. The van der Waals surface area contributed by atoms with Gasteiger partial charge in [-0.2, -0.15) is 0 Å². The summed E-state index contributed by atoms with van der Waals surface area (Å²) in [7, 11) is 0. The second-order valence-corrected chi connectivity index (χ2v) is 16.4. The molecular weight excluding hydrogens is 911 g/mol. The first kappa shape index (κ1) is 54.7. The maximum absolute atomic E-state index is 13.8. The van der Waals surface area contributed by atoms with E-state index < -0.39 is 109 Å². The van der Waals surface area contributed by atoms with Gasteiger partial charge in [0, 0.05) is 12.8 Å². The van der Waals surface area contributed by atoms with Crippen LogP contribution in [0.5, 0.6) is 11.5 Å². The van der Waals surface area contributed by atoms with Crippen LogP contribution in [-0.4, -0.2) is 134 Å². The molecule has 70 heavy (non-hydrogen) atoms. The predicted octanol–water partition coefficient (Wildman–Crippen LogP) is -2.30. The van der Waals surface area contributed by atoms with Crippen LogP contribution in [0.2, 0.25) is 0 Å². The number of hydrazine groups is 1. The molecule has 374 valence electrons. The molecule has 4 rings (SSSR count). The van der Waals surface area contributed by atoms with Crippen LogP contribution in [0.15, 0.2) is 109 Å². The number of nitrogens with two attached hydrogens (primary N) is 1. The van der Waals surface area contributed by atoms with E-state index in [1.165, 1.54) is 50.2 Å². The van der Waals surface area contributed by atoms with Gasteiger partial charge in [-0.3, -0.25) is 39.0 Å². The third-order valence-corrected chi connectivity index (χ3v) is 10.6. The van der Waals surface area contributed by atoms with Crippen LogP contribution in [-0.2, 0) is 64.0 Å². The predicted molar refractivity (Wildman–Crippen MR) is 252 cm³/mol. The van der Waals surface area contributed by atoms with Gasteiger partial charge < -0.3 is 63.2 Å². The summed E-state index contributed by atoms with van der Waals surface area (Å²) in [5.41, 5.74) is 13.5. The van der Waals surface area contributed by atoms with Gasteiger partial charge in [0.1, 0.15) is 41.7 Å². The molecule has 4 aromatic carbocycles. The van der Waals surface area contributed by atoms with Gasteiger partial charge in [-0.25, -0.2) is 10.2 Å². The highest BCUT2D eigenvalue weighted by Crippen LogP contribution is 2.13. The molecule has 22 heteroatoms. The molecule has 0 aliphatic rings. The van der Waals surface area contributed by atoms with Gasteiger partial charge in [0.15, 0.2) is 0 Å². The van der Waals surface area contributed by atoms with Crippen molar-refractivity contribution in [1.29, 1.82) is 0 Å². The Labute approximate surface area is 402 Å². The lowest BCUT2D eigenvalue weighted by atomic mass is 10.0. The molecule has 4 aromatic rings. The summed E-state index contributed by atoms with van der Waals surface area (Å²) >= 11 is 0. The summed E-state index contributed by atoms with van der Waals surface area (Å²) in [5.74, 6) is -7.54. The summed E-state index contributed by atoms with van der Waals surface area (Å²) in [5, 5.41) is 63.8. The van der Waals surface area contributed by atoms with Gasteiger partial charge in [-0.15, -0.1) is 0 Å². The minimum absolute atomic E-state index is 0.0204. The largest absolute Gasteiger partial charge is 0.508 e. The first-order valence-electron chi connectivity index (χ1n) is 22.1. The molecule has 8 atom stereocenters. The standard InChI is InChI=1S/C48H59N9O13/c1-27(58)41(55-43(64)35(49)21-31-13-17-33(60)18-14-31)46(67)51-25-39(62)52-36(22-29-9-5-3-6-10-29)45(66)57-56-37(23-30-11-7-4-8-12-30)44(65)50-26-40(63)54-42(28(2)59)47(68)53-38(48(69)70)24-32-15-19-34(61)20-16-32/h3-20,27-28,35-38,41-42,56,58-61H,21-26,49H2,1-2H3,(H,50,65)(H,51,67)(H,52,62)(H,53,68)(H,54,63)(H,55,64)(H,57,66)(H,69,70)/t27-,28-,35+,36+,37+,38+,41+,42+/m1/s1. The molecule has 0 aliphatic heterocycles. The number of carbonyl (C=O) groups is 8. The minimum atomic E-state index is -1.64. The van der Waals surface area contributed by atoms with Crippen LogP contribution >= 0.6 is 0 Å². The number of aliphatic carboxylic acids is 1. The Morgan fingerprint density at radius 3 is 1.40 bits per heavy atom. The molecule has 0 unspecified atom stereocenters. The van der Waals surface area contributed by atoms with Crippen molar-refractivity contribution in [1.82, 2.24) is 42.8 Å². The van der Waals surface area contributed by atoms with E-state index in [1.54, 1.807) is 72.8 Å². The highest BCUT2D eigenvalue weighted by molar-refractivity contribution is 5.95. The fourth-order valence-corrected chi connectivity index (χ4v) is 6.78. The number of carbonyl (C=O) groups excluding carboxylic acids is 7. The summed E-state index contributed by atoms with van der Waals surface area (Å²) < 4.78 is 0. The summed E-state index contributed by atoms with van der Waals surface area (Å²) in [6.45, 7) is 1.03. The first-order valence-corrected chi connectivity index (χ1v) is 22.1. The smallest absolute Gasteiger partial charge is 0.326 e. The van der Waals surface area contributed by atoms with Gasteiger partial charge >= 0.3 is 5.97 Å². The van der Waals surface area contributed by atoms with E-state index in [4.69, 9.17) is 5.73 Å². The maximum Gasteiger partial charge on any atom is 0.326 e. The Morgan fingerprint density at radius 2 is 0.900 bits per heavy atom. The van der Waals surface area contributed by atoms with Crippen LogP contribution in [0.1, 0.15) is 36.1 Å². The van der Waals surface area contributed by atoms with Crippen LogP contribution < -0.4 is 48.5 Å². The molecule has 7 amide bonds. The monoisotopic (exact) mass is 969 g/mol. The Hall–Kier alpha value is -7.92. The number of carboxylic acid groups (broad SMARTS) is 1. The van der Waals surface area contributed by atoms with E-state index in [9.17, 15) is 63.9 Å². The van der Waals surface area contributed by atoms with E-state index in [0.717, 1.165) is 0 Å². The molecule has 0 bridgehead atoms. The van der Waals surface area contributed by atoms with Crippen LogP contribution in [0, 0.1) is 0 Å². The molecule has 0 aromatic heterocycles. The first-order chi connectivity index (χ1) is 33.3. The third kappa shape index (κ3) is 18.3. The van der Waals surface area contributed by atoms with Gasteiger partial charge in [0.05, 0.1) is 31.3 Å². The van der Waals surface area contributed by atoms with Gasteiger partial charge in [-0.1, -0.05) is 84.9 Å². The van der Waals surface area contributed by atoms with Crippen molar-refractivity contribution in [2.45, 2.75) is 88.0 Å². The van der Waals surface area contributed by atoms with Crippen LogP contribution in [0.25, 0.3) is 0 Å². The number of aromatic hydroxyl groups is 2. The second-order valence-electron chi connectivity index (χ2n) is 16.4. The molecule has 0 fully saturated rings. The number of nitrogens with one attached hydrogen (secondary N) is 8. The lowest BCUT2D eigenvalue weighted by Crippen LogP contribution is -2.60. The molecule has 0 heterocycles. The van der Waals surface area contributed by atoms with E-state index >= 15 is 0 Å². The van der Waals surface area contributed by atoms with Crippen molar-refractivity contribution in [3.05, 3.63) is 131 Å². The van der Waals surface area contributed by atoms with E-state index in [1.807, 2.05) is 0 Å². The number of aliphatic hydroxyl groups excluding tert-OH is 2. The Balaban J connectivity index is 1.38. The maximum atomic E-state index is 13.8. The minimum Gasteiger partial charge on any atom is -0.508 e. The third-order valence-electron chi connectivity index (χ3n) is 10.6. The lowest BCUT2D eigenvalue weighted by Gasteiger charge is -2.25. The number of rotatable bonds is 26. The molecule has 0 spiro atoms. The van der Waals surface area contributed by atoms with Gasteiger partial charge in [0.2, 0.25) is 35.4 Å². The van der Waals surface area contributed by atoms with Crippen LogP contribution in [0.4, 0.5) is 0 Å². The lowest BCUT2D eigenvalue weighted by molar-refractivity contribution is -0.143. The fraction of sp³-hybridized carbons (Fsp3) is 0.333. The van der Waals surface area contributed by atoms with Crippen molar-refractivity contribution < 1.29 is 63.9 Å². The van der Waals surface area contributed by atoms with E-state index in [0.29, 0.717) is 22.3 Å². The molecule has 0 aliphatic carbocycles. The summed E-state index contributed by atoms with van der Waals surface area (Å²) in [4.78, 5) is 105. The van der Waals surface area contributed by atoms with E-state index in [2.05, 4.69) is 42.8 Å². The number of aliphatic hydroxyl groups is 2. The average Bonchev–Trinajstić information content (AvgIpc) is 3.33. The van der Waals surface area contributed by atoms with Crippen molar-refractivity contribution in [3.63, 3.8) is 0 Å². The Morgan fingerprint density at radius 1 is 0.471 bits per heavy atom. The Bertz CT molecular complexity index is 2390. The van der Waals surface area contributed by atoms with Gasteiger partial charge in [-0.05, 0) is 73.2 Å². The number of amides is 7. The van der Waals surface area contributed by atoms with Crippen molar-refractivity contribution >= 4 is 47.3 Å². The topological polar surface area (TPSA) is 360 Å². The number of hydrogen-bond acceptors (Lipinski definition) is 14. The number of phenols is 2. The quantitative estimate of drug-likeness (QED) is 0.0295. The highest BCUT2D eigenvalue weighted by Gasteiger charge is 2.32. The van der Waals surface area contributed by atoms with Crippen molar-refractivity contribution in [2.24, 2.45) is 5.73 Å². The van der Waals surface area contributed by atoms with Crippen molar-refractivity contribution in [3.8, 4) is 11.5 Å². The number of phenolic OH excluding ortho intramolecular Hbond substituents is 2. The SMILES string of the molecule is C[C@@H](O)[C@H](NC(=O)CNC(=O)[C@H](Cc1ccccc1)NNC(=O)[C@H](Cc1ccccc1)NC(=O)CNC(=O)[C@@H](NC(=O)[C@@H](N)Cc1ccc(O)cc1)[C@@H](C)O)C(=O)N[C@@H](Cc1ccc(O)cc1)C(=O)O. The number of benzene rings is 4. The highest BCUT2D eigenvalue weighted by atomic mass is 16.4. The molecular formula is C48H59N9O13. The zero-order chi connectivity index (χ0) is 51.3. The van der Waals surface area contributed by atoms with Crippen LogP contribution in [0.3, 0.4) is 0 Å². The number of hydrogen-bond donors (Lipinski definition) is 14. The number of carboxylic acids is 1.